The molecule has 7 nitrogen and oxygen atoms in total. The van der Waals surface area contributed by atoms with Gasteiger partial charge in [0.25, 0.3) is 0 Å². The van der Waals surface area contributed by atoms with Crippen molar-refractivity contribution in [2.24, 2.45) is 5.92 Å². The molecule has 0 bridgehead atoms. The van der Waals surface area contributed by atoms with E-state index in [4.69, 9.17) is 21.1 Å². The number of carbonyl (C=O) groups is 1. The van der Waals surface area contributed by atoms with E-state index < -0.39 is 17.7 Å². The number of aromatic nitrogens is 2. The summed E-state index contributed by atoms with van der Waals surface area (Å²) in [5.41, 5.74) is 5.85. The van der Waals surface area contributed by atoms with Crippen LogP contribution in [-0.4, -0.2) is 29.1 Å². The lowest BCUT2D eigenvalue weighted by atomic mass is 10.1. The number of esters is 1. The Morgan fingerprint density at radius 3 is 2.37 bits per heavy atom. The van der Waals surface area contributed by atoms with E-state index >= 15 is 0 Å². The second kappa shape index (κ2) is 9.11. The Morgan fingerprint density at radius 2 is 1.73 bits per heavy atom. The minimum Gasteiger partial charge on any atom is -0.493 e. The highest BCUT2D eigenvalue weighted by Gasteiger charge is 2.24. The lowest BCUT2D eigenvalue weighted by molar-refractivity contribution is -0.417. The van der Waals surface area contributed by atoms with E-state index in [2.05, 4.69) is 15.7 Å². The van der Waals surface area contributed by atoms with Crippen LogP contribution in [0.15, 0.2) is 53.3 Å². The van der Waals surface area contributed by atoms with Crippen LogP contribution in [0.1, 0.15) is 13.8 Å². The maximum atomic E-state index is 12.2. The molecule has 3 aromatic rings. The fourth-order valence-corrected chi connectivity index (χ4v) is 2.88. The Labute approximate surface area is 178 Å². The summed E-state index contributed by atoms with van der Waals surface area (Å²) >= 11 is 5.94. The number of quaternary nitrogens is 1. The van der Waals surface area contributed by atoms with Crippen LogP contribution in [0.2, 0.25) is 5.02 Å². The third kappa shape index (κ3) is 4.87. The van der Waals surface area contributed by atoms with Crippen molar-refractivity contribution in [2.75, 3.05) is 7.11 Å². The Balaban J connectivity index is 1.95. The van der Waals surface area contributed by atoms with Gasteiger partial charge < -0.3 is 20.2 Å². The molecule has 1 aromatic heterocycles. The quantitative estimate of drug-likeness (QED) is 0.463. The molecule has 4 N–H and O–H groups in total. The van der Waals surface area contributed by atoms with Gasteiger partial charge in [-0.05, 0) is 42.0 Å². The maximum Gasteiger partial charge on any atom is 0.370 e. The van der Waals surface area contributed by atoms with Gasteiger partial charge in [-0.3, -0.25) is 0 Å². The Kier molecular flexibility index (Phi) is 6.54. The molecule has 0 spiro atoms. The zero-order valence-electron chi connectivity index (χ0n) is 16.9. The van der Waals surface area contributed by atoms with E-state index in [1.165, 1.54) is 7.11 Å². The topological polar surface area (TPSA) is 109 Å². The average molecular weight is 429 g/mol. The second-order valence-electron chi connectivity index (χ2n) is 7.13. The second-order valence-corrected chi connectivity index (χ2v) is 7.57. The first-order valence-electron chi connectivity index (χ1n) is 9.39. The SMILES string of the molecule is COc1cc(-c2cc(-c3ccc(Cl)cc3)[nH]c(=O)n2)ccc1OC(=O)[C@H]([NH3+])C(C)C. The van der Waals surface area contributed by atoms with Gasteiger partial charge in [-0.1, -0.05) is 37.6 Å². The fraction of sp³-hybridized carbons (Fsp3) is 0.227. The van der Waals surface area contributed by atoms with Gasteiger partial charge in [0.1, 0.15) is 0 Å². The Bertz CT molecular complexity index is 1110. The molecule has 0 aliphatic carbocycles. The van der Waals surface area contributed by atoms with Crippen LogP contribution in [0.4, 0.5) is 0 Å². The number of aromatic amines is 1. The number of hydrogen-bond acceptors (Lipinski definition) is 5. The van der Waals surface area contributed by atoms with Crippen LogP contribution >= 0.6 is 11.6 Å². The highest BCUT2D eigenvalue weighted by atomic mass is 35.5. The molecule has 8 heteroatoms. The number of carbonyl (C=O) groups excluding carboxylic acids is 1. The van der Waals surface area contributed by atoms with E-state index in [1.54, 1.807) is 36.4 Å². The number of methoxy groups -OCH3 is 1. The largest absolute Gasteiger partial charge is 0.493 e. The number of rotatable bonds is 6. The molecule has 0 aliphatic heterocycles. The summed E-state index contributed by atoms with van der Waals surface area (Å²) in [6.45, 7) is 3.80. The van der Waals surface area contributed by atoms with Gasteiger partial charge in [0.2, 0.25) is 0 Å². The van der Waals surface area contributed by atoms with Crippen molar-refractivity contribution in [3.8, 4) is 34.0 Å². The molecule has 2 aromatic carbocycles. The number of hydrogen-bond donors (Lipinski definition) is 2. The van der Waals surface area contributed by atoms with E-state index in [9.17, 15) is 9.59 Å². The highest BCUT2D eigenvalue weighted by Crippen LogP contribution is 2.33. The molecular formula is C22H23ClN3O4+. The summed E-state index contributed by atoms with van der Waals surface area (Å²) in [6.07, 6.45) is 0. The maximum absolute atomic E-state index is 12.2. The molecule has 0 unspecified atom stereocenters. The Morgan fingerprint density at radius 1 is 1.07 bits per heavy atom. The van der Waals surface area contributed by atoms with Crippen LogP contribution < -0.4 is 20.9 Å². The summed E-state index contributed by atoms with van der Waals surface area (Å²) in [4.78, 5) is 31.1. The van der Waals surface area contributed by atoms with E-state index in [0.29, 0.717) is 27.7 Å². The predicted octanol–water partition coefficient (Wildman–Crippen LogP) is 2.94. The number of nitrogens with one attached hydrogen (secondary N) is 1. The normalized spacial score (nSPS) is 11.9. The van der Waals surface area contributed by atoms with Crippen LogP contribution in [0.5, 0.6) is 11.5 Å². The van der Waals surface area contributed by atoms with Gasteiger partial charge in [-0.15, -0.1) is 0 Å². The smallest absolute Gasteiger partial charge is 0.370 e. The van der Waals surface area contributed by atoms with Crippen LogP contribution in [0, 0.1) is 5.92 Å². The van der Waals surface area contributed by atoms with Crippen molar-refractivity contribution in [1.29, 1.82) is 0 Å². The molecule has 0 saturated heterocycles. The van der Waals surface area contributed by atoms with Crippen molar-refractivity contribution in [3.63, 3.8) is 0 Å². The summed E-state index contributed by atoms with van der Waals surface area (Å²) in [7, 11) is 1.48. The molecule has 0 amide bonds. The zero-order chi connectivity index (χ0) is 21.8. The first-order valence-corrected chi connectivity index (χ1v) is 9.76. The summed E-state index contributed by atoms with van der Waals surface area (Å²) in [5.74, 6) is 0.250. The molecule has 0 aliphatic rings. The minimum atomic E-state index is -0.495. The van der Waals surface area contributed by atoms with Gasteiger partial charge in [0, 0.05) is 16.5 Å². The molecule has 0 saturated carbocycles. The third-order valence-electron chi connectivity index (χ3n) is 4.68. The molecule has 1 heterocycles. The Hall–Kier alpha value is -3.16. The van der Waals surface area contributed by atoms with Gasteiger partial charge in [0.15, 0.2) is 17.5 Å². The summed E-state index contributed by atoms with van der Waals surface area (Å²) < 4.78 is 10.8. The van der Waals surface area contributed by atoms with Crippen LogP contribution in [0.3, 0.4) is 0 Å². The van der Waals surface area contributed by atoms with Gasteiger partial charge >= 0.3 is 11.7 Å². The van der Waals surface area contributed by atoms with Crippen molar-refractivity contribution >= 4 is 17.6 Å². The first kappa shape index (κ1) is 21.5. The van der Waals surface area contributed by atoms with Crippen molar-refractivity contribution in [2.45, 2.75) is 19.9 Å². The van der Waals surface area contributed by atoms with Crippen molar-refractivity contribution in [3.05, 3.63) is 64.0 Å². The van der Waals surface area contributed by atoms with Crippen LogP contribution in [-0.2, 0) is 4.79 Å². The van der Waals surface area contributed by atoms with E-state index in [0.717, 1.165) is 5.56 Å². The molecule has 156 valence electrons. The standard InChI is InChI=1S/C22H22ClN3O4/c1-12(2)20(24)21(27)30-18-9-6-14(10-19(18)29-3)17-11-16(25-22(28)26-17)13-4-7-15(23)8-5-13/h4-12,20H,24H2,1-3H3,(H,25,26,28)/p+1/t20-/m1/s1. The minimum absolute atomic E-state index is 0.0503. The lowest BCUT2D eigenvalue weighted by Crippen LogP contribution is -2.68. The van der Waals surface area contributed by atoms with E-state index in [-0.39, 0.29) is 11.7 Å². The lowest BCUT2D eigenvalue weighted by Gasteiger charge is -2.14. The number of ether oxygens (including phenoxy) is 2. The third-order valence-corrected chi connectivity index (χ3v) is 4.93. The predicted molar refractivity (Wildman–Crippen MR) is 114 cm³/mol. The monoisotopic (exact) mass is 428 g/mol. The number of nitrogens with zero attached hydrogens (tertiary/aromatic N) is 1. The van der Waals surface area contributed by atoms with Crippen molar-refractivity contribution in [1.82, 2.24) is 9.97 Å². The number of benzene rings is 2. The first-order chi connectivity index (χ1) is 14.3. The summed E-state index contributed by atoms with van der Waals surface area (Å²) in [6, 6.07) is 13.4. The summed E-state index contributed by atoms with van der Waals surface area (Å²) in [5, 5.41) is 0.604. The van der Waals surface area contributed by atoms with Crippen molar-refractivity contribution < 1.29 is 20.0 Å². The molecule has 0 radical (unpaired) electrons. The zero-order valence-corrected chi connectivity index (χ0v) is 17.7. The molecule has 30 heavy (non-hydrogen) atoms. The highest BCUT2D eigenvalue weighted by molar-refractivity contribution is 6.30. The molecular weight excluding hydrogens is 406 g/mol. The van der Waals surface area contributed by atoms with Gasteiger partial charge in [-0.25, -0.2) is 9.59 Å². The van der Waals surface area contributed by atoms with Gasteiger partial charge in [0.05, 0.1) is 18.5 Å². The van der Waals surface area contributed by atoms with Gasteiger partial charge in [-0.2, -0.15) is 4.98 Å². The average Bonchev–Trinajstić information content (AvgIpc) is 2.73. The number of H-pyrrole nitrogens is 1. The fourth-order valence-electron chi connectivity index (χ4n) is 2.76. The number of halogens is 1. The molecule has 3 rings (SSSR count). The van der Waals surface area contributed by atoms with E-state index in [1.807, 2.05) is 26.0 Å². The van der Waals surface area contributed by atoms with Crippen LogP contribution in [0.25, 0.3) is 22.5 Å². The molecule has 1 atom stereocenters. The molecule has 0 fully saturated rings.